The summed E-state index contributed by atoms with van der Waals surface area (Å²) in [6.07, 6.45) is 0.273. The number of carboxylic acid groups (broad SMARTS) is 2. The van der Waals surface area contributed by atoms with Crippen molar-refractivity contribution < 1.29 is 24.9 Å². The molecule has 7 nitrogen and oxygen atoms in total. The summed E-state index contributed by atoms with van der Waals surface area (Å²) in [6, 6.07) is 4.69. The van der Waals surface area contributed by atoms with Crippen LogP contribution in [-0.4, -0.2) is 39.3 Å². The Bertz CT molecular complexity index is 419. The van der Waals surface area contributed by atoms with Gasteiger partial charge in [-0.25, -0.2) is 0 Å². The molecule has 0 bridgehead atoms. The van der Waals surface area contributed by atoms with Gasteiger partial charge in [0, 0.05) is 0 Å². The van der Waals surface area contributed by atoms with Gasteiger partial charge in [0.15, 0.2) is 0 Å². The van der Waals surface area contributed by atoms with Crippen LogP contribution < -0.4 is 11.5 Å². The quantitative estimate of drug-likeness (QED) is 0.560. The molecule has 0 radical (unpaired) electrons. The van der Waals surface area contributed by atoms with E-state index < -0.39 is 24.0 Å². The predicted octanol–water partition coefficient (Wildman–Crippen LogP) is 2.95. The minimum atomic E-state index is -1.02. The molecular weight excluding hydrogens is 312 g/mol. The van der Waals surface area contributed by atoms with Crippen LogP contribution in [0.5, 0.6) is 5.75 Å². The van der Waals surface area contributed by atoms with E-state index in [1.165, 1.54) is 19.1 Å². The molecule has 0 spiro atoms. The molecule has 1 rings (SSSR count). The van der Waals surface area contributed by atoms with E-state index in [4.69, 9.17) is 26.8 Å². The maximum absolute atomic E-state index is 10.4. The Balaban J connectivity index is -0.0000000657. The fraction of sp³-hybridized carbons (Fsp3) is 0.529. The number of benzene rings is 1. The van der Waals surface area contributed by atoms with Crippen molar-refractivity contribution in [2.24, 2.45) is 11.5 Å². The van der Waals surface area contributed by atoms with Gasteiger partial charge >= 0.3 is 11.9 Å². The summed E-state index contributed by atoms with van der Waals surface area (Å²) in [7, 11) is 0. The van der Waals surface area contributed by atoms with Crippen LogP contribution in [0, 0.1) is 0 Å². The van der Waals surface area contributed by atoms with Crippen molar-refractivity contribution >= 4 is 11.9 Å². The molecule has 146 valence electrons. The molecule has 0 fully saturated rings. The van der Waals surface area contributed by atoms with Crippen molar-refractivity contribution in [3.8, 4) is 5.75 Å². The summed E-state index contributed by atoms with van der Waals surface area (Å²) in [4.78, 5) is 20.0. The number of carboxylic acids is 2. The highest BCUT2D eigenvalue weighted by atomic mass is 16.4. The van der Waals surface area contributed by atoms with E-state index in [1.54, 1.807) is 12.1 Å². The highest BCUT2D eigenvalue weighted by Gasteiger charge is 2.11. The first-order valence-corrected chi connectivity index (χ1v) is 5.48. The summed E-state index contributed by atoms with van der Waals surface area (Å²) < 4.78 is 0. The minimum absolute atomic E-state index is 0. The average Bonchev–Trinajstić information content (AvgIpc) is 2.32. The van der Waals surface area contributed by atoms with Crippen LogP contribution in [0.3, 0.4) is 0 Å². The van der Waals surface area contributed by atoms with Gasteiger partial charge in [0.05, 0.1) is 0 Å². The highest BCUT2D eigenvalue weighted by Crippen LogP contribution is 2.10. The smallest absolute Gasteiger partial charge is 0.320 e. The zero-order valence-corrected chi connectivity index (χ0v) is 10.5. The Kier molecular flexibility index (Phi) is 29.8. The van der Waals surface area contributed by atoms with E-state index in [0.29, 0.717) is 0 Å². The van der Waals surface area contributed by atoms with Gasteiger partial charge in [0.25, 0.3) is 0 Å². The highest BCUT2D eigenvalue weighted by molar-refractivity contribution is 5.73. The fourth-order valence-corrected chi connectivity index (χ4v) is 0.973. The fourth-order valence-electron chi connectivity index (χ4n) is 0.973. The molecule has 1 aromatic carbocycles. The standard InChI is InChI=1S/C9H11NO3.C3H7NO2.5CH4/c10-8(9(12)13)5-6-1-3-7(11)4-2-6;1-2(4)3(5)6;;;;;/h1-4,8,11H,5,10H2,(H,12,13);2H,4H2,1H3,(H,5,6);5*1H4/t8-;2-;;;;;/m00...../s1. The average molecular weight is 351 g/mol. The van der Waals surface area contributed by atoms with Crippen LogP contribution in [0.2, 0.25) is 0 Å². The van der Waals surface area contributed by atoms with Crippen molar-refractivity contribution in [1.82, 2.24) is 0 Å². The molecule has 0 aromatic heterocycles. The lowest BCUT2D eigenvalue weighted by Gasteiger charge is -2.05. The number of rotatable bonds is 4. The van der Waals surface area contributed by atoms with Crippen LogP contribution in [0.1, 0.15) is 49.6 Å². The SMILES string of the molecule is C.C.C.C.C.C[C@H](N)C(=O)O.N[C@@H](Cc1ccc(O)cc1)C(=O)O. The second kappa shape index (κ2) is 18.9. The molecule has 24 heavy (non-hydrogen) atoms. The number of phenols is 1. The topological polar surface area (TPSA) is 147 Å². The van der Waals surface area contributed by atoms with E-state index >= 15 is 0 Å². The maximum atomic E-state index is 10.4. The van der Waals surface area contributed by atoms with E-state index in [0.717, 1.165) is 5.56 Å². The van der Waals surface area contributed by atoms with Gasteiger partial charge in [0.2, 0.25) is 0 Å². The number of aromatic hydroxyl groups is 1. The van der Waals surface area contributed by atoms with Crippen molar-refractivity contribution in [2.45, 2.75) is 62.6 Å². The van der Waals surface area contributed by atoms with Crippen molar-refractivity contribution in [1.29, 1.82) is 0 Å². The summed E-state index contributed by atoms with van der Waals surface area (Å²) in [5.41, 5.74) is 11.0. The first-order valence-electron chi connectivity index (χ1n) is 5.48. The molecule has 0 saturated heterocycles. The van der Waals surface area contributed by atoms with Crippen molar-refractivity contribution in [2.75, 3.05) is 0 Å². The zero-order valence-electron chi connectivity index (χ0n) is 10.5. The van der Waals surface area contributed by atoms with Gasteiger partial charge in [-0.1, -0.05) is 49.3 Å². The molecule has 7 N–H and O–H groups in total. The predicted molar refractivity (Wildman–Crippen MR) is 102 cm³/mol. The lowest BCUT2D eigenvalue weighted by Crippen LogP contribution is -2.32. The second-order valence-electron chi connectivity index (χ2n) is 3.94. The van der Waals surface area contributed by atoms with Crippen molar-refractivity contribution in [3.63, 3.8) is 0 Å². The molecular formula is C17H38N2O5. The van der Waals surface area contributed by atoms with Gasteiger partial charge in [0.1, 0.15) is 17.8 Å². The Labute approximate surface area is 147 Å². The normalized spacial score (nSPS) is 10.1. The van der Waals surface area contributed by atoms with E-state index in [1.807, 2.05) is 0 Å². The number of hydrogen-bond acceptors (Lipinski definition) is 5. The molecule has 0 aliphatic rings. The molecule has 0 amide bonds. The van der Waals surface area contributed by atoms with Crippen LogP contribution in [0.4, 0.5) is 0 Å². The van der Waals surface area contributed by atoms with E-state index in [-0.39, 0.29) is 49.3 Å². The van der Waals surface area contributed by atoms with Gasteiger partial charge in [-0.3, -0.25) is 9.59 Å². The molecule has 0 aliphatic carbocycles. The lowest BCUT2D eigenvalue weighted by molar-refractivity contribution is -0.139. The number of phenolic OH excluding ortho intramolecular Hbond substituents is 1. The molecule has 7 heteroatoms. The van der Waals surface area contributed by atoms with E-state index in [2.05, 4.69) is 0 Å². The zero-order chi connectivity index (χ0) is 15.0. The molecule has 0 unspecified atom stereocenters. The maximum Gasteiger partial charge on any atom is 0.320 e. The Morgan fingerprint density at radius 2 is 1.25 bits per heavy atom. The summed E-state index contributed by atoms with van der Waals surface area (Å²) >= 11 is 0. The molecule has 0 saturated carbocycles. The van der Waals surface area contributed by atoms with Crippen LogP contribution in [-0.2, 0) is 16.0 Å². The summed E-state index contributed by atoms with van der Waals surface area (Å²) in [5.74, 6) is -1.82. The molecule has 1 aromatic rings. The molecule has 0 heterocycles. The largest absolute Gasteiger partial charge is 0.508 e. The van der Waals surface area contributed by atoms with Gasteiger partial charge in [-0.15, -0.1) is 0 Å². The second-order valence-corrected chi connectivity index (χ2v) is 3.94. The third-order valence-electron chi connectivity index (χ3n) is 2.10. The third-order valence-corrected chi connectivity index (χ3v) is 2.10. The third kappa shape index (κ3) is 17.9. The Morgan fingerprint density at radius 1 is 0.917 bits per heavy atom. The van der Waals surface area contributed by atoms with Gasteiger partial charge in [-0.2, -0.15) is 0 Å². The number of aliphatic carboxylic acids is 2. The van der Waals surface area contributed by atoms with Gasteiger partial charge in [-0.05, 0) is 31.0 Å². The first-order chi connectivity index (χ1) is 8.73. The molecule has 0 aliphatic heterocycles. The lowest BCUT2D eigenvalue weighted by atomic mass is 10.1. The summed E-state index contributed by atoms with van der Waals surface area (Å²) in [5, 5.41) is 25.3. The minimum Gasteiger partial charge on any atom is -0.508 e. The number of nitrogens with two attached hydrogens (primary N) is 2. The van der Waals surface area contributed by atoms with Crippen LogP contribution in [0.15, 0.2) is 24.3 Å². The Hall–Kier alpha value is -2.12. The molecule has 2 atom stereocenters. The number of carbonyl (C=O) groups is 2. The first kappa shape index (κ1) is 37.8. The summed E-state index contributed by atoms with van der Waals surface area (Å²) in [6.45, 7) is 1.42. The van der Waals surface area contributed by atoms with Gasteiger partial charge < -0.3 is 26.8 Å². The van der Waals surface area contributed by atoms with E-state index in [9.17, 15) is 9.59 Å². The monoisotopic (exact) mass is 350 g/mol. The van der Waals surface area contributed by atoms with Crippen LogP contribution >= 0.6 is 0 Å². The number of hydrogen-bond donors (Lipinski definition) is 5. The van der Waals surface area contributed by atoms with Crippen LogP contribution in [0.25, 0.3) is 0 Å². The Morgan fingerprint density at radius 3 is 1.50 bits per heavy atom. The van der Waals surface area contributed by atoms with Crippen molar-refractivity contribution in [3.05, 3.63) is 29.8 Å².